The summed E-state index contributed by atoms with van der Waals surface area (Å²) in [5, 5.41) is 11.8. The van der Waals surface area contributed by atoms with E-state index in [0.717, 1.165) is 15.8 Å². The highest BCUT2D eigenvalue weighted by atomic mass is 35.5. The molecule has 0 spiro atoms. The second-order valence-corrected chi connectivity index (χ2v) is 9.49. The number of aliphatic hydroxyl groups excluding tert-OH is 1. The Bertz CT molecular complexity index is 1390. The molecule has 0 radical (unpaired) electrons. The van der Waals surface area contributed by atoms with E-state index in [2.05, 4.69) is 9.97 Å². The van der Waals surface area contributed by atoms with Gasteiger partial charge in [0.25, 0.3) is 5.91 Å². The second kappa shape index (κ2) is 9.00. The SMILES string of the molecule is Cc1cc2sc(N3C(=O)C(O)=C(C(=O)CCc4ccccc4)C3c3ccccn3)nc2cc1Cl. The number of aromatic nitrogens is 2. The van der Waals surface area contributed by atoms with Crippen molar-refractivity contribution in [2.45, 2.75) is 25.8 Å². The summed E-state index contributed by atoms with van der Waals surface area (Å²) in [6.45, 7) is 1.90. The summed E-state index contributed by atoms with van der Waals surface area (Å²) in [6.07, 6.45) is 2.25. The first-order chi connectivity index (χ1) is 16.4. The lowest BCUT2D eigenvalue weighted by Gasteiger charge is -2.23. The lowest BCUT2D eigenvalue weighted by Crippen LogP contribution is -2.31. The number of thiazole rings is 1. The molecular weight excluding hydrogens is 470 g/mol. The zero-order chi connectivity index (χ0) is 23.8. The normalized spacial score (nSPS) is 16.0. The minimum Gasteiger partial charge on any atom is -0.503 e. The minimum absolute atomic E-state index is 0.0492. The molecule has 2 aromatic carbocycles. The molecule has 34 heavy (non-hydrogen) atoms. The van der Waals surface area contributed by atoms with Crippen molar-refractivity contribution in [2.24, 2.45) is 0 Å². The van der Waals surface area contributed by atoms with Crippen molar-refractivity contribution in [3.63, 3.8) is 0 Å². The molecule has 170 valence electrons. The quantitative estimate of drug-likeness (QED) is 0.372. The number of aryl methyl sites for hydroxylation is 2. The Labute approximate surface area is 205 Å². The topological polar surface area (TPSA) is 83.4 Å². The number of rotatable bonds is 6. The first kappa shape index (κ1) is 22.3. The molecule has 0 bridgehead atoms. The number of hydrogen-bond acceptors (Lipinski definition) is 6. The molecule has 4 aromatic rings. The molecule has 1 atom stereocenters. The number of Topliss-reactive ketones (excluding diaryl/α,β-unsaturated/α-hetero) is 1. The van der Waals surface area contributed by atoms with Crippen molar-refractivity contribution in [1.29, 1.82) is 0 Å². The number of carbonyl (C=O) groups excluding carboxylic acids is 2. The monoisotopic (exact) mass is 489 g/mol. The Hall–Kier alpha value is -3.55. The predicted octanol–water partition coefficient (Wildman–Crippen LogP) is 5.76. The van der Waals surface area contributed by atoms with Crippen molar-refractivity contribution < 1.29 is 14.7 Å². The van der Waals surface area contributed by atoms with Crippen LogP contribution in [0.4, 0.5) is 5.13 Å². The maximum Gasteiger partial charge on any atom is 0.296 e. The Balaban J connectivity index is 1.55. The number of halogens is 1. The van der Waals surface area contributed by atoms with Crippen LogP contribution in [0.1, 0.15) is 29.3 Å². The van der Waals surface area contributed by atoms with Gasteiger partial charge in [0.05, 0.1) is 21.5 Å². The van der Waals surface area contributed by atoms with Gasteiger partial charge in [0.1, 0.15) is 6.04 Å². The number of anilines is 1. The summed E-state index contributed by atoms with van der Waals surface area (Å²) >= 11 is 7.57. The predicted molar refractivity (Wildman–Crippen MR) is 133 cm³/mol. The number of ketones is 1. The van der Waals surface area contributed by atoms with Gasteiger partial charge in [0, 0.05) is 17.6 Å². The van der Waals surface area contributed by atoms with Gasteiger partial charge < -0.3 is 5.11 Å². The fourth-order valence-corrected chi connectivity index (χ4v) is 5.31. The Morgan fingerprint density at radius 2 is 1.91 bits per heavy atom. The van der Waals surface area contributed by atoms with E-state index in [-0.39, 0.29) is 17.8 Å². The standard InChI is InChI=1S/C26H20ClN3O3S/c1-15-13-21-19(14-17(15)27)29-26(34-21)30-23(18-9-5-6-12-28-18)22(24(32)25(30)33)20(31)11-10-16-7-3-2-4-8-16/h2-9,12-14,23,32H,10-11H2,1H3. The molecule has 1 unspecified atom stereocenters. The number of hydrogen-bond donors (Lipinski definition) is 1. The van der Waals surface area contributed by atoms with Crippen LogP contribution in [0.3, 0.4) is 0 Å². The average molecular weight is 490 g/mol. The minimum atomic E-state index is -0.867. The lowest BCUT2D eigenvalue weighted by molar-refractivity contribution is -0.118. The zero-order valence-corrected chi connectivity index (χ0v) is 19.8. The maximum atomic E-state index is 13.3. The van der Waals surface area contributed by atoms with E-state index in [9.17, 15) is 14.7 Å². The van der Waals surface area contributed by atoms with Gasteiger partial charge in [-0.15, -0.1) is 0 Å². The van der Waals surface area contributed by atoms with Crippen LogP contribution < -0.4 is 4.90 Å². The highest BCUT2D eigenvalue weighted by molar-refractivity contribution is 7.22. The summed E-state index contributed by atoms with van der Waals surface area (Å²) in [4.78, 5) is 37.0. The Kier molecular flexibility index (Phi) is 5.89. The van der Waals surface area contributed by atoms with Gasteiger partial charge in [-0.3, -0.25) is 19.5 Å². The van der Waals surface area contributed by atoms with Crippen molar-refractivity contribution in [2.75, 3.05) is 4.90 Å². The molecule has 2 aromatic heterocycles. The van der Waals surface area contributed by atoms with E-state index in [0.29, 0.717) is 27.8 Å². The molecular formula is C26H20ClN3O3S. The number of benzene rings is 2. The van der Waals surface area contributed by atoms with Crippen molar-refractivity contribution in [1.82, 2.24) is 9.97 Å². The average Bonchev–Trinajstić information content (AvgIpc) is 3.36. The van der Waals surface area contributed by atoms with Crippen LogP contribution >= 0.6 is 22.9 Å². The van der Waals surface area contributed by atoms with Gasteiger partial charge in [-0.1, -0.05) is 59.3 Å². The summed E-state index contributed by atoms with van der Waals surface area (Å²) in [5.41, 5.74) is 3.08. The molecule has 1 aliphatic rings. The first-order valence-electron chi connectivity index (χ1n) is 10.8. The van der Waals surface area contributed by atoms with E-state index >= 15 is 0 Å². The van der Waals surface area contributed by atoms with Gasteiger partial charge in [-0.05, 0) is 48.7 Å². The Morgan fingerprint density at radius 1 is 1.15 bits per heavy atom. The summed E-state index contributed by atoms with van der Waals surface area (Å²) in [5.74, 6) is -1.52. The molecule has 1 N–H and O–H groups in total. The van der Waals surface area contributed by atoms with Crippen LogP contribution in [0.25, 0.3) is 10.2 Å². The lowest BCUT2D eigenvalue weighted by atomic mass is 9.96. The van der Waals surface area contributed by atoms with Crippen LogP contribution in [0, 0.1) is 6.92 Å². The van der Waals surface area contributed by atoms with Gasteiger partial charge in [-0.2, -0.15) is 0 Å². The number of fused-ring (bicyclic) bond motifs is 1. The summed E-state index contributed by atoms with van der Waals surface area (Å²) in [6, 6.07) is 17.7. The third kappa shape index (κ3) is 3.97. The van der Waals surface area contributed by atoms with Crippen molar-refractivity contribution >= 4 is 50.0 Å². The van der Waals surface area contributed by atoms with Crippen molar-refractivity contribution in [3.05, 3.63) is 100 Å². The molecule has 0 fully saturated rings. The van der Waals surface area contributed by atoms with Crippen molar-refractivity contribution in [3.8, 4) is 0 Å². The highest BCUT2D eigenvalue weighted by Gasteiger charge is 2.46. The van der Waals surface area contributed by atoms with E-state index in [4.69, 9.17) is 11.6 Å². The van der Waals surface area contributed by atoms with Gasteiger partial charge in [0.2, 0.25) is 0 Å². The summed E-state index contributed by atoms with van der Waals surface area (Å²) < 4.78 is 0.854. The van der Waals surface area contributed by atoms with E-state index in [1.54, 1.807) is 30.5 Å². The van der Waals surface area contributed by atoms with Crippen LogP contribution in [0.2, 0.25) is 5.02 Å². The number of carbonyl (C=O) groups is 2. The smallest absolute Gasteiger partial charge is 0.296 e. The molecule has 5 rings (SSSR count). The third-order valence-corrected chi connectivity index (χ3v) is 7.25. The van der Waals surface area contributed by atoms with E-state index in [1.807, 2.05) is 43.3 Å². The number of pyridine rings is 1. The fourth-order valence-electron chi connectivity index (χ4n) is 4.08. The highest BCUT2D eigenvalue weighted by Crippen LogP contribution is 2.43. The zero-order valence-electron chi connectivity index (χ0n) is 18.2. The largest absolute Gasteiger partial charge is 0.503 e. The molecule has 0 aliphatic carbocycles. The molecule has 8 heteroatoms. The molecule has 6 nitrogen and oxygen atoms in total. The van der Waals surface area contributed by atoms with Crippen LogP contribution in [-0.4, -0.2) is 26.8 Å². The Morgan fingerprint density at radius 3 is 2.65 bits per heavy atom. The third-order valence-electron chi connectivity index (χ3n) is 5.82. The van der Waals surface area contributed by atoms with Gasteiger partial charge in [-0.25, -0.2) is 4.98 Å². The second-order valence-electron chi connectivity index (χ2n) is 8.07. The van der Waals surface area contributed by atoms with Crippen LogP contribution in [-0.2, 0) is 16.0 Å². The van der Waals surface area contributed by atoms with E-state index < -0.39 is 17.7 Å². The van der Waals surface area contributed by atoms with Crippen LogP contribution in [0.5, 0.6) is 0 Å². The number of amides is 1. The van der Waals surface area contributed by atoms with Crippen LogP contribution in [0.15, 0.2) is 78.2 Å². The molecule has 3 heterocycles. The maximum absolute atomic E-state index is 13.3. The summed E-state index contributed by atoms with van der Waals surface area (Å²) in [7, 11) is 0. The molecule has 0 saturated carbocycles. The van der Waals surface area contributed by atoms with Gasteiger partial charge in [0.15, 0.2) is 16.7 Å². The number of nitrogens with zero attached hydrogens (tertiary/aromatic N) is 3. The molecule has 1 amide bonds. The van der Waals surface area contributed by atoms with E-state index in [1.165, 1.54) is 16.2 Å². The first-order valence-corrected chi connectivity index (χ1v) is 11.9. The fraction of sp³-hybridized carbons (Fsp3) is 0.154. The van der Waals surface area contributed by atoms with Gasteiger partial charge >= 0.3 is 0 Å². The molecule has 1 aliphatic heterocycles. The molecule has 0 saturated heterocycles. The number of aliphatic hydroxyl groups is 1.